The maximum Gasteiger partial charge on any atom is 0.122 e. The number of rotatable bonds is 9. The Hall–Kier alpha value is -0.840. The summed E-state index contributed by atoms with van der Waals surface area (Å²) in [6, 6.07) is 4.34. The van der Waals surface area contributed by atoms with Gasteiger partial charge in [0.05, 0.1) is 6.04 Å². The first kappa shape index (κ1) is 16.2. The van der Waals surface area contributed by atoms with Crippen LogP contribution in [0.25, 0.3) is 0 Å². The van der Waals surface area contributed by atoms with Crippen molar-refractivity contribution in [2.45, 2.75) is 32.7 Å². The second-order valence-electron chi connectivity index (χ2n) is 5.19. The number of likely N-dealkylation sites (N-methyl/N-ethyl adjacent to an activating group) is 1. The molecule has 19 heavy (non-hydrogen) atoms. The minimum absolute atomic E-state index is 0.201. The Morgan fingerprint density at radius 2 is 1.95 bits per heavy atom. The molecule has 0 aliphatic rings. The van der Waals surface area contributed by atoms with E-state index in [2.05, 4.69) is 49.9 Å². The first-order valence-corrected chi connectivity index (χ1v) is 7.29. The minimum Gasteiger partial charge on any atom is -0.464 e. The summed E-state index contributed by atoms with van der Waals surface area (Å²) >= 11 is 0. The van der Waals surface area contributed by atoms with Gasteiger partial charge in [-0.1, -0.05) is 13.8 Å². The summed E-state index contributed by atoms with van der Waals surface area (Å²) in [7, 11) is 4.22. The molecule has 4 nitrogen and oxygen atoms in total. The van der Waals surface area contributed by atoms with Crippen molar-refractivity contribution in [3.05, 3.63) is 23.7 Å². The van der Waals surface area contributed by atoms with Gasteiger partial charge in [0.1, 0.15) is 11.5 Å². The zero-order valence-electron chi connectivity index (χ0n) is 12.9. The van der Waals surface area contributed by atoms with E-state index < -0.39 is 0 Å². The fourth-order valence-electron chi connectivity index (χ4n) is 2.33. The predicted molar refractivity (Wildman–Crippen MR) is 80.3 cm³/mol. The summed E-state index contributed by atoms with van der Waals surface area (Å²) in [5, 5.41) is 0. The first-order valence-electron chi connectivity index (χ1n) is 7.29. The maximum atomic E-state index is 5.95. The lowest BCUT2D eigenvalue weighted by atomic mass is 10.1. The third-order valence-electron chi connectivity index (χ3n) is 3.48. The highest BCUT2D eigenvalue weighted by atomic mass is 16.3. The van der Waals surface area contributed by atoms with Crippen LogP contribution in [0, 0.1) is 0 Å². The van der Waals surface area contributed by atoms with Gasteiger partial charge in [0.2, 0.25) is 0 Å². The number of aryl methyl sites for hydroxylation is 1. The normalized spacial score (nSPS) is 13.4. The van der Waals surface area contributed by atoms with Gasteiger partial charge in [-0.15, -0.1) is 0 Å². The average Bonchev–Trinajstić information content (AvgIpc) is 2.86. The Morgan fingerprint density at radius 3 is 2.42 bits per heavy atom. The van der Waals surface area contributed by atoms with Gasteiger partial charge < -0.3 is 15.1 Å². The van der Waals surface area contributed by atoms with Crippen LogP contribution in [0.4, 0.5) is 0 Å². The fraction of sp³-hybridized carbons (Fsp3) is 0.733. The van der Waals surface area contributed by atoms with Gasteiger partial charge in [-0.2, -0.15) is 0 Å². The number of hydrogen-bond donors (Lipinski definition) is 1. The van der Waals surface area contributed by atoms with Crippen LogP contribution in [0.5, 0.6) is 0 Å². The number of hydrogen-bond acceptors (Lipinski definition) is 4. The van der Waals surface area contributed by atoms with E-state index in [1.165, 1.54) is 0 Å². The maximum absolute atomic E-state index is 5.95. The van der Waals surface area contributed by atoms with Crippen molar-refractivity contribution < 1.29 is 4.42 Å². The van der Waals surface area contributed by atoms with Crippen LogP contribution in [0.15, 0.2) is 16.5 Å². The summed E-state index contributed by atoms with van der Waals surface area (Å²) < 4.78 is 5.86. The SMILES string of the molecule is CCc1ccc(C(CN)N(CC)CCCN(C)C)o1. The summed E-state index contributed by atoms with van der Waals surface area (Å²) in [5.74, 6) is 2.05. The third kappa shape index (κ3) is 4.97. The van der Waals surface area contributed by atoms with Crippen molar-refractivity contribution in [1.29, 1.82) is 0 Å². The lowest BCUT2D eigenvalue weighted by molar-refractivity contribution is 0.178. The smallest absolute Gasteiger partial charge is 0.122 e. The first-order chi connectivity index (χ1) is 9.12. The summed E-state index contributed by atoms with van der Waals surface area (Å²) in [6.45, 7) is 8.05. The largest absolute Gasteiger partial charge is 0.464 e. The van der Waals surface area contributed by atoms with Crippen LogP contribution >= 0.6 is 0 Å². The Labute approximate surface area is 117 Å². The van der Waals surface area contributed by atoms with Gasteiger partial charge in [0.15, 0.2) is 0 Å². The lowest BCUT2D eigenvalue weighted by Crippen LogP contribution is -2.35. The summed E-state index contributed by atoms with van der Waals surface area (Å²) in [4.78, 5) is 4.62. The van der Waals surface area contributed by atoms with Crippen LogP contribution in [-0.4, -0.2) is 50.1 Å². The molecule has 0 fully saturated rings. The molecule has 0 saturated heterocycles. The van der Waals surface area contributed by atoms with E-state index in [1.807, 2.05) is 0 Å². The number of nitrogens with zero attached hydrogens (tertiary/aromatic N) is 2. The van der Waals surface area contributed by atoms with Gasteiger partial charge in [-0.05, 0) is 45.7 Å². The van der Waals surface area contributed by atoms with Crippen molar-refractivity contribution in [1.82, 2.24) is 9.80 Å². The van der Waals surface area contributed by atoms with Crippen molar-refractivity contribution >= 4 is 0 Å². The molecule has 0 aliphatic carbocycles. The summed E-state index contributed by atoms with van der Waals surface area (Å²) in [5.41, 5.74) is 5.95. The standard InChI is InChI=1S/C15H29N3O/c1-5-13-8-9-15(19-13)14(12-16)18(6-2)11-7-10-17(3)4/h8-9,14H,5-7,10-12,16H2,1-4H3. The predicted octanol–water partition coefficient (Wildman–Crippen LogP) is 2.12. The van der Waals surface area contributed by atoms with Gasteiger partial charge in [-0.25, -0.2) is 0 Å². The molecule has 1 aromatic heterocycles. The molecule has 0 amide bonds. The van der Waals surface area contributed by atoms with Gasteiger partial charge in [0, 0.05) is 19.5 Å². The molecule has 1 rings (SSSR count). The molecular formula is C15H29N3O. The van der Waals surface area contributed by atoms with E-state index >= 15 is 0 Å². The highest BCUT2D eigenvalue weighted by molar-refractivity contribution is 5.11. The lowest BCUT2D eigenvalue weighted by Gasteiger charge is -2.28. The Balaban J connectivity index is 2.63. The van der Waals surface area contributed by atoms with E-state index in [0.717, 1.165) is 44.0 Å². The van der Waals surface area contributed by atoms with Crippen molar-refractivity contribution in [2.75, 3.05) is 40.3 Å². The molecule has 0 spiro atoms. The molecule has 0 aromatic carbocycles. The van der Waals surface area contributed by atoms with E-state index in [9.17, 15) is 0 Å². The zero-order chi connectivity index (χ0) is 14.3. The van der Waals surface area contributed by atoms with Crippen LogP contribution in [0.1, 0.15) is 37.8 Å². The molecule has 2 N–H and O–H groups in total. The Morgan fingerprint density at radius 1 is 1.21 bits per heavy atom. The Kier molecular flexibility index (Phi) is 7.13. The average molecular weight is 267 g/mol. The van der Waals surface area contributed by atoms with Gasteiger partial charge in [0.25, 0.3) is 0 Å². The monoisotopic (exact) mass is 267 g/mol. The van der Waals surface area contributed by atoms with Gasteiger partial charge >= 0.3 is 0 Å². The number of nitrogens with two attached hydrogens (primary N) is 1. The molecule has 1 atom stereocenters. The molecule has 1 heterocycles. The van der Waals surface area contributed by atoms with E-state index in [1.54, 1.807) is 0 Å². The highest BCUT2D eigenvalue weighted by Crippen LogP contribution is 2.22. The van der Waals surface area contributed by atoms with Crippen molar-refractivity contribution in [3.63, 3.8) is 0 Å². The van der Waals surface area contributed by atoms with Gasteiger partial charge in [-0.3, -0.25) is 4.90 Å². The molecule has 4 heteroatoms. The van der Waals surface area contributed by atoms with E-state index in [0.29, 0.717) is 6.54 Å². The molecule has 0 radical (unpaired) electrons. The van der Waals surface area contributed by atoms with E-state index in [-0.39, 0.29) is 6.04 Å². The topological polar surface area (TPSA) is 45.6 Å². The van der Waals surface area contributed by atoms with E-state index in [4.69, 9.17) is 10.2 Å². The molecule has 0 aliphatic heterocycles. The van der Waals surface area contributed by atoms with Crippen molar-refractivity contribution in [3.8, 4) is 0 Å². The second kappa shape index (κ2) is 8.35. The van der Waals surface area contributed by atoms with Crippen LogP contribution in [-0.2, 0) is 6.42 Å². The summed E-state index contributed by atoms with van der Waals surface area (Å²) in [6.07, 6.45) is 2.09. The molecule has 110 valence electrons. The van der Waals surface area contributed by atoms with Crippen molar-refractivity contribution in [2.24, 2.45) is 5.73 Å². The van der Waals surface area contributed by atoms with Crippen LogP contribution in [0.2, 0.25) is 0 Å². The van der Waals surface area contributed by atoms with Crippen LogP contribution in [0.3, 0.4) is 0 Å². The minimum atomic E-state index is 0.201. The quantitative estimate of drug-likeness (QED) is 0.744. The molecule has 1 unspecified atom stereocenters. The highest BCUT2D eigenvalue weighted by Gasteiger charge is 2.20. The number of furan rings is 1. The third-order valence-corrected chi connectivity index (χ3v) is 3.48. The fourth-order valence-corrected chi connectivity index (χ4v) is 2.33. The second-order valence-corrected chi connectivity index (χ2v) is 5.19. The Bertz CT molecular complexity index is 349. The molecular weight excluding hydrogens is 238 g/mol. The van der Waals surface area contributed by atoms with Crippen LogP contribution < -0.4 is 5.73 Å². The molecule has 0 bridgehead atoms. The zero-order valence-corrected chi connectivity index (χ0v) is 12.9. The molecule has 0 saturated carbocycles. The molecule has 1 aromatic rings.